The van der Waals surface area contributed by atoms with E-state index in [1.807, 2.05) is 6.92 Å². The first-order valence-corrected chi connectivity index (χ1v) is 6.54. The van der Waals surface area contributed by atoms with E-state index >= 15 is 0 Å². The molecule has 2 aromatic carbocycles. The van der Waals surface area contributed by atoms with Crippen LogP contribution in [0.25, 0.3) is 0 Å². The van der Waals surface area contributed by atoms with Crippen LogP contribution < -0.4 is 10.1 Å². The molecule has 0 unspecified atom stereocenters. The van der Waals surface area contributed by atoms with Crippen molar-refractivity contribution in [1.82, 2.24) is 0 Å². The largest absolute Gasteiger partial charge is 0.450 e. The van der Waals surface area contributed by atoms with Crippen molar-refractivity contribution in [2.75, 3.05) is 11.9 Å². The second-order valence-corrected chi connectivity index (χ2v) is 4.35. The minimum atomic E-state index is -0.469. The Bertz CT molecular complexity index is 643. The third-order valence-electron chi connectivity index (χ3n) is 2.86. The van der Waals surface area contributed by atoms with Crippen molar-refractivity contribution in [3.8, 4) is 11.5 Å². The zero-order valence-corrected chi connectivity index (χ0v) is 11.6. The first-order valence-electron chi connectivity index (χ1n) is 6.54. The first kappa shape index (κ1) is 14.8. The van der Waals surface area contributed by atoms with Gasteiger partial charge in [0.2, 0.25) is 5.75 Å². The van der Waals surface area contributed by atoms with Crippen molar-refractivity contribution in [2.24, 2.45) is 0 Å². The molecule has 0 saturated carbocycles. The van der Waals surface area contributed by atoms with E-state index < -0.39 is 4.92 Å². The highest BCUT2D eigenvalue weighted by molar-refractivity contribution is 5.69. The Balaban J connectivity index is 2.38. The molecule has 0 radical (unpaired) electrons. The number of anilines is 1. The zero-order chi connectivity index (χ0) is 15.2. The highest BCUT2D eigenvalue weighted by Gasteiger charge is 2.21. The maximum absolute atomic E-state index is 11.3. The van der Waals surface area contributed by atoms with Gasteiger partial charge in [0.1, 0.15) is 11.4 Å². The van der Waals surface area contributed by atoms with Crippen LogP contribution in [0.1, 0.15) is 12.5 Å². The van der Waals surface area contributed by atoms with Gasteiger partial charge in [-0.3, -0.25) is 10.1 Å². The number of ether oxygens (including phenoxy) is 1. The van der Waals surface area contributed by atoms with Gasteiger partial charge in [0.05, 0.1) is 11.5 Å². The van der Waals surface area contributed by atoms with Gasteiger partial charge in [-0.15, -0.1) is 0 Å². The minimum absolute atomic E-state index is 0.103. The van der Waals surface area contributed by atoms with Crippen LogP contribution in [0.2, 0.25) is 0 Å². The van der Waals surface area contributed by atoms with Crippen LogP contribution in [-0.4, -0.2) is 16.6 Å². The number of aliphatic hydroxyl groups is 1. The van der Waals surface area contributed by atoms with Crippen molar-refractivity contribution in [1.29, 1.82) is 0 Å². The molecule has 0 aliphatic carbocycles. The molecule has 6 nitrogen and oxygen atoms in total. The molecular weight excluding hydrogens is 272 g/mol. The molecule has 0 amide bonds. The first-order chi connectivity index (χ1) is 10.2. The summed E-state index contributed by atoms with van der Waals surface area (Å²) in [5.74, 6) is 0.604. The molecule has 2 N–H and O–H groups in total. The van der Waals surface area contributed by atoms with Crippen LogP contribution in [-0.2, 0) is 6.61 Å². The number of benzene rings is 2. The summed E-state index contributed by atoms with van der Waals surface area (Å²) in [7, 11) is 0. The average Bonchev–Trinajstić information content (AvgIpc) is 2.47. The maximum atomic E-state index is 11.3. The molecule has 0 spiro atoms. The molecular formula is C15H16N2O4. The SMILES string of the molecule is CCNc1cccc(Oc2cccc(CO)c2)c1[N+](=O)[O-]. The molecule has 0 aromatic heterocycles. The van der Waals surface area contributed by atoms with Gasteiger partial charge in [0.25, 0.3) is 0 Å². The Labute approximate surface area is 122 Å². The fourth-order valence-corrected chi connectivity index (χ4v) is 1.96. The van der Waals surface area contributed by atoms with Gasteiger partial charge in [-0.05, 0) is 36.8 Å². The summed E-state index contributed by atoms with van der Waals surface area (Å²) < 4.78 is 5.61. The summed E-state index contributed by atoms with van der Waals surface area (Å²) in [6, 6.07) is 11.7. The lowest BCUT2D eigenvalue weighted by atomic mass is 10.2. The predicted molar refractivity (Wildman–Crippen MR) is 79.7 cm³/mol. The highest BCUT2D eigenvalue weighted by atomic mass is 16.6. The molecule has 0 aliphatic heterocycles. The third-order valence-corrected chi connectivity index (χ3v) is 2.86. The topological polar surface area (TPSA) is 84.6 Å². The number of nitro benzene ring substituents is 1. The van der Waals surface area contributed by atoms with Crippen LogP contribution >= 0.6 is 0 Å². The van der Waals surface area contributed by atoms with E-state index in [2.05, 4.69) is 5.32 Å². The summed E-state index contributed by atoms with van der Waals surface area (Å²) in [6.45, 7) is 2.32. The number of nitro groups is 1. The number of aliphatic hydroxyl groups excluding tert-OH is 1. The van der Waals surface area contributed by atoms with Crippen molar-refractivity contribution in [3.05, 3.63) is 58.1 Å². The molecule has 0 saturated heterocycles. The molecule has 0 fully saturated rings. The van der Waals surface area contributed by atoms with Crippen LogP contribution in [0.3, 0.4) is 0 Å². The number of para-hydroxylation sites is 1. The molecule has 0 atom stereocenters. The average molecular weight is 288 g/mol. The van der Waals surface area contributed by atoms with Crippen molar-refractivity contribution in [2.45, 2.75) is 13.5 Å². The smallest absolute Gasteiger partial charge is 0.334 e. The van der Waals surface area contributed by atoms with Crippen LogP contribution in [0.5, 0.6) is 11.5 Å². The summed E-state index contributed by atoms with van der Waals surface area (Å²) in [4.78, 5) is 10.8. The third kappa shape index (κ3) is 3.49. The van der Waals surface area contributed by atoms with Gasteiger partial charge < -0.3 is 15.2 Å². The van der Waals surface area contributed by atoms with Gasteiger partial charge in [-0.25, -0.2) is 0 Å². The lowest BCUT2D eigenvalue weighted by Gasteiger charge is -2.10. The van der Waals surface area contributed by atoms with Gasteiger partial charge in [0.15, 0.2) is 0 Å². The highest BCUT2D eigenvalue weighted by Crippen LogP contribution is 2.37. The molecule has 21 heavy (non-hydrogen) atoms. The van der Waals surface area contributed by atoms with E-state index in [4.69, 9.17) is 9.84 Å². The van der Waals surface area contributed by atoms with Gasteiger partial charge >= 0.3 is 5.69 Å². The van der Waals surface area contributed by atoms with E-state index in [9.17, 15) is 10.1 Å². The normalized spacial score (nSPS) is 10.2. The number of hydrogen-bond acceptors (Lipinski definition) is 5. The lowest BCUT2D eigenvalue weighted by molar-refractivity contribution is -0.384. The predicted octanol–water partition coefficient (Wildman–Crippen LogP) is 3.31. The van der Waals surface area contributed by atoms with Crippen molar-refractivity contribution >= 4 is 11.4 Å². The lowest BCUT2D eigenvalue weighted by Crippen LogP contribution is -2.02. The van der Waals surface area contributed by atoms with E-state index in [1.165, 1.54) is 0 Å². The number of rotatable bonds is 6. The number of hydrogen-bond donors (Lipinski definition) is 2. The van der Waals surface area contributed by atoms with Crippen molar-refractivity contribution < 1.29 is 14.8 Å². The second-order valence-electron chi connectivity index (χ2n) is 4.35. The Morgan fingerprint density at radius 1 is 1.29 bits per heavy atom. The monoisotopic (exact) mass is 288 g/mol. The maximum Gasteiger partial charge on any atom is 0.334 e. The molecule has 110 valence electrons. The van der Waals surface area contributed by atoms with Crippen LogP contribution in [0, 0.1) is 10.1 Å². The Morgan fingerprint density at radius 3 is 2.71 bits per heavy atom. The summed E-state index contributed by atoms with van der Waals surface area (Å²) in [5, 5.41) is 23.3. The van der Waals surface area contributed by atoms with Crippen molar-refractivity contribution in [3.63, 3.8) is 0 Å². The van der Waals surface area contributed by atoms with Crippen LogP contribution in [0.15, 0.2) is 42.5 Å². The Kier molecular flexibility index (Phi) is 4.73. The van der Waals surface area contributed by atoms with Gasteiger partial charge in [-0.1, -0.05) is 18.2 Å². The zero-order valence-electron chi connectivity index (χ0n) is 11.6. The van der Waals surface area contributed by atoms with Gasteiger partial charge in [-0.2, -0.15) is 0 Å². The second kappa shape index (κ2) is 6.71. The summed E-state index contributed by atoms with van der Waals surface area (Å²) in [5.41, 5.74) is 0.991. The van der Waals surface area contributed by atoms with Crippen LogP contribution in [0.4, 0.5) is 11.4 Å². The van der Waals surface area contributed by atoms with E-state index in [0.29, 0.717) is 23.5 Å². The molecule has 0 aliphatic rings. The summed E-state index contributed by atoms with van der Waals surface area (Å²) in [6.07, 6.45) is 0. The summed E-state index contributed by atoms with van der Waals surface area (Å²) >= 11 is 0. The quantitative estimate of drug-likeness (QED) is 0.629. The molecule has 2 rings (SSSR count). The number of nitrogens with one attached hydrogen (secondary N) is 1. The van der Waals surface area contributed by atoms with Gasteiger partial charge in [0, 0.05) is 6.54 Å². The molecule has 0 heterocycles. The number of nitrogens with zero attached hydrogens (tertiary/aromatic N) is 1. The van der Waals surface area contributed by atoms with E-state index in [1.54, 1.807) is 42.5 Å². The molecule has 6 heteroatoms. The Hall–Kier alpha value is -2.60. The molecule has 0 bridgehead atoms. The standard InChI is InChI=1S/C15H16N2O4/c1-2-16-13-7-4-8-14(15(13)17(19)20)21-12-6-3-5-11(9-12)10-18/h3-9,16,18H,2,10H2,1H3. The fourth-order valence-electron chi connectivity index (χ4n) is 1.96. The van der Waals surface area contributed by atoms with E-state index in [0.717, 1.165) is 0 Å². The minimum Gasteiger partial charge on any atom is -0.450 e. The Morgan fingerprint density at radius 2 is 2.05 bits per heavy atom. The van der Waals surface area contributed by atoms with E-state index in [-0.39, 0.29) is 18.0 Å². The fraction of sp³-hybridized carbons (Fsp3) is 0.200. The molecule has 2 aromatic rings.